The Morgan fingerprint density at radius 3 is 2.87 bits per heavy atom. The van der Waals surface area contributed by atoms with E-state index in [9.17, 15) is 0 Å². The molecule has 0 spiro atoms. The van der Waals surface area contributed by atoms with Gasteiger partial charge in [-0.1, -0.05) is 13.8 Å². The van der Waals surface area contributed by atoms with Crippen LogP contribution in [0, 0.1) is 17.2 Å². The highest BCUT2D eigenvalue weighted by Gasteiger charge is 2.19. The second-order valence-electron chi connectivity index (χ2n) is 4.44. The van der Waals surface area contributed by atoms with Gasteiger partial charge in [0.2, 0.25) is 0 Å². The first-order valence-corrected chi connectivity index (χ1v) is 5.77. The zero-order valence-electron chi connectivity index (χ0n) is 9.83. The summed E-state index contributed by atoms with van der Waals surface area (Å²) >= 11 is 0. The first-order chi connectivity index (χ1) is 7.13. The Labute approximate surface area is 92.3 Å². The highest BCUT2D eigenvalue weighted by Crippen LogP contribution is 2.14. The van der Waals surface area contributed by atoms with Crippen LogP contribution < -0.4 is 5.73 Å². The van der Waals surface area contributed by atoms with Gasteiger partial charge in [0.05, 0.1) is 12.4 Å². The first kappa shape index (κ1) is 12.5. The minimum atomic E-state index is 0.160. The lowest BCUT2D eigenvalue weighted by Crippen LogP contribution is -2.37. The standard InChI is InChI=1S/C11H23N3O/c1-3-14(6-9(2)11(12)13)7-10-4-5-15-8-10/h9-10H,3-8H2,1-2H3,(H3,12,13). The minimum absolute atomic E-state index is 0.160. The molecule has 0 aromatic rings. The number of nitrogens with zero attached hydrogens (tertiary/aromatic N) is 1. The number of nitrogens with one attached hydrogen (secondary N) is 1. The maximum absolute atomic E-state index is 7.38. The van der Waals surface area contributed by atoms with Gasteiger partial charge in [-0.2, -0.15) is 0 Å². The van der Waals surface area contributed by atoms with E-state index in [1.165, 1.54) is 6.42 Å². The lowest BCUT2D eigenvalue weighted by Gasteiger charge is -2.25. The lowest BCUT2D eigenvalue weighted by molar-refractivity contribution is 0.166. The Balaban J connectivity index is 2.31. The topological polar surface area (TPSA) is 62.3 Å². The largest absolute Gasteiger partial charge is 0.387 e. The smallest absolute Gasteiger partial charge is 0.0947 e. The molecule has 0 aromatic carbocycles. The fraction of sp³-hybridized carbons (Fsp3) is 0.909. The average Bonchev–Trinajstić information content (AvgIpc) is 2.69. The Kier molecular flexibility index (Phi) is 5.05. The molecule has 0 saturated carbocycles. The average molecular weight is 213 g/mol. The van der Waals surface area contributed by atoms with Crippen LogP contribution in [0.5, 0.6) is 0 Å². The van der Waals surface area contributed by atoms with Crippen molar-refractivity contribution in [1.82, 2.24) is 4.90 Å². The summed E-state index contributed by atoms with van der Waals surface area (Å²) in [5, 5.41) is 7.38. The Bertz CT molecular complexity index is 202. The summed E-state index contributed by atoms with van der Waals surface area (Å²) in [4.78, 5) is 2.37. The molecular formula is C11H23N3O. The molecular weight excluding hydrogens is 190 g/mol. The first-order valence-electron chi connectivity index (χ1n) is 5.77. The van der Waals surface area contributed by atoms with Crippen molar-refractivity contribution in [1.29, 1.82) is 5.41 Å². The number of hydrogen-bond acceptors (Lipinski definition) is 3. The molecule has 88 valence electrons. The van der Waals surface area contributed by atoms with E-state index in [1.807, 2.05) is 6.92 Å². The molecule has 1 fully saturated rings. The van der Waals surface area contributed by atoms with Gasteiger partial charge in [-0.25, -0.2) is 0 Å². The van der Waals surface area contributed by atoms with Gasteiger partial charge in [0.15, 0.2) is 0 Å². The molecule has 2 unspecified atom stereocenters. The zero-order chi connectivity index (χ0) is 11.3. The molecule has 1 heterocycles. The molecule has 0 aliphatic carbocycles. The molecule has 0 aromatic heterocycles. The van der Waals surface area contributed by atoms with Gasteiger partial charge in [0.25, 0.3) is 0 Å². The van der Waals surface area contributed by atoms with Crippen molar-refractivity contribution < 1.29 is 4.74 Å². The van der Waals surface area contributed by atoms with E-state index in [0.29, 0.717) is 5.92 Å². The van der Waals surface area contributed by atoms with Gasteiger partial charge in [-0.3, -0.25) is 5.41 Å². The molecule has 0 bridgehead atoms. The van der Waals surface area contributed by atoms with Crippen molar-refractivity contribution >= 4 is 5.84 Å². The molecule has 1 saturated heterocycles. The second kappa shape index (κ2) is 6.08. The molecule has 0 radical (unpaired) electrons. The Morgan fingerprint density at radius 1 is 1.67 bits per heavy atom. The van der Waals surface area contributed by atoms with Crippen LogP contribution in [0.1, 0.15) is 20.3 Å². The normalized spacial score (nSPS) is 23.3. The van der Waals surface area contributed by atoms with Crippen molar-refractivity contribution in [3.8, 4) is 0 Å². The van der Waals surface area contributed by atoms with Gasteiger partial charge in [0.1, 0.15) is 0 Å². The third kappa shape index (κ3) is 4.18. The number of nitrogens with two attached hydrogens (primary N) is 1. The van der Waals surface area contributed by atoms with Crippen LogP contribution in [0.25, 0.3) is 0 Å². The van der Waals surface area contributed by atoms with Crippen LogP contribution in [-0.4, -0.2) is 43.6 Å². The van der Waals surface area contributed by atoms with E-state index in [0.717, 1.165) is 32.8 Å². The van der Waals surface area contributed by atoms with Crippen molar-refractivity contribution in [2.24, 2.45) is 17.6 Å². The quantitative estimate of drug-likeness (QED) is 0.509. The Hall–Kier alpha value is -0.610. The maximum atomic E-state index is 7.38. The van der Waals surface area contributed by atoms with Crippen LogP contribution in [0.15, 0.2) is 0 Å². The summed E-state index contributed by atoms with van der Waals surface area (Å²) in [6.07, 6.45) is 1.17. The van der Waals surface area contributed by atoms with Crippen LogP contribution in [0.2, 0.25) is 0 Å². The van der Waals surface area contributed by atoms with E-state index in [4.69, 9.17) is 15.9 Å². The van der Waals surface area contributed by atoms with Crippen LogP contribution in [0.3, 0.4) is 0 Å². The van der Waals surface area contributed by atoms with E-state index >= 15 is 0 Å². The molecule has 3 N–H and O–H groups in total. The monoisotopic (exact) mass is 213 g/mol. The molecule has 1 aliphatic rings. The van der Waals surface area contributed by atoms with E-state index in [-0.39, 0.29) is 11.8 Å². The fourth-order valence-electron chi connectivity index (χ4n) is 1.91. The minimum Gasteiger partial charge on any atom is -0.387 e. The maximum Gasteiger partial charge on any atom is 0.0947 e. The summed E-state index contributed by atoms with van der Waals surface area (Å²) in [6.45, 7) is 8.96. The third-order valence-electron chi connectivity index (χ3n) is 3.05. The molecule has 1 rings (SSSR count). The SMILES string of the molecule is CCN(CC1CCOC1)CC(C)C(=N)N. The molecule has 1 aliphatic heterocycles. The molecule has 2 atom stereocenters. The van der Waals surface area contributed by atoms with Crippen LogP contribution in [0.4, 0.5) is 0 Å². The van der Waals surface area contributed by atoms with E-state index < -0.39 is 0 Å². The molecule has 4 heteroatoms. The number of ether oxygens (including phenoxy) is 1. The predicted molar refractivity (Wildman–Crippen MR) is 62.1 cm³/mol. The number of rotatable bonds is 6. The number of hydrogen-bond donors (Lipinski definition) is 2. The zero-order valence-corrected chi connectivity index (χ0v) is 9.83. The van der Waals surface area contributed by atoms with Crippen molar-refractivity contribution in [2.75, 3.05) is 32.8 Å². The van der Waals surface area contributed by atoms with E-state index in [2.05, 4.69) is 11.8 Å². The van der Waals surface area contributed by atoms with Crippen LogP contribution in [-0.2, 0) is 4.74 Å². The highest BCUT2D eigenvalue weighted by molar-refractivity contribution is 5.79. The van der Waals surface area contributed by atoms with Crippen LogP contribution >= 0.6 is 0 Å². The molecule has 4 nitrogen and oxygen atoms in total. The lowest BCUT2D eigenvalue weighted by atomic mass is 10.1. The second-order valence-corrected chi connectivity index (χ2v) is 4.44. The van der Waals surface area contributed by atoms with Gasteiger partial charge < -0.3 is 15.4 Å². The van der Waals surface area contributed by atoms with Crippen molar-refractivity contribution in [2.45, 2.75) is 20.3 Å². The van der Waals surface area contributed by atoms with Gasteiger partial charge in [-0.05, 0) is 18.9 Å². The summed E-state index contributed by atoms with van der Waals surface area (Å²) in [5.41, 5.74) is 5.48. The summed E-state index contributed by atoms with van der Waals surface area (Å²) in [5.74, 6) is 1.12. The van der Waals surface area contributed by atoms with E-state index in [1.54, 1.807) is 0 Å². The molecule has 15 heavy (non-hydrogen) atoms. The predicted octanol–water partition coefficient (Wildman–Crippen LogP) is 0.917. The van der Waals surface area contributed by atoms with Crippen molar-refractivity contribution in [3.05, 3.63) is 0 Å². The summed E-state index contributed by atoms with van der Waals surface area (Å²) in [6, 6.07) is 0. The third-order valence-corrected chi connectivity index (χ3v) is 3.05. The highest BCUT2D eigenvalue weighted by atomic mass is 16.5. The summed E-state index contributed by atoms with van der Waals surface area (Å²) in [7, 11) is 0. The number of amidine groups is 1. The fourth-order valence-corrected chi connectivity index (χ4v) is 1.91. The Morgan fingerprint density at radius 2 is 2.40 bits per heavy atom. The van der Waals surface area contributed by atoms with Gasteiger partial charge in [-0.15, -0.1) is 0 Å². The van der Waals surface area contributed by atoms with Gasteiger partial charge in [0, 0.05) is 25.6 Å². The summed E-state index contributed by atoms with van der Waals surface area (Å²) < 4.78 is 5.36. The van der Waals surface area contributed by atoms with Crippen molar-refractivity contribution in [3.63, 3.8) is 0 Å². The van der Waals surface area contributed by atoms with Gasteiger partial charge >= 0.3 is 0 Å². The molecule has 0 amide bonds.